The number of alkyl halides is 1. The van der Waals surface area contributed by atoms with Crippen LogP contribution < -0.4 is 5.32 Å². The Morgan fingerprint density at radius 1 is 1.20 bits per heavy atom. The van der Waals surface area contributed by atoms with Gasteiger partial charge in [-0.05, 0) is 46.6 Å². The summed E-state index contributed by atoms with van der Waals surface area (Å²) in [6, 6.07) is 12.7. The zero-order chi connectivity index (χ0) is 14.7. The average Bonchev–Trinajstić information content (AvgIpc) is 2.42. The van der Waals surface area contributed by atoms with Crippen LogP contribution in [0.4, 0.5) is 5.69 Å². The van der Waals surface area contributed by atoms with Gasteiger partial charge in [0.15, 0.2) is 0 Å². The van der Waals surface area contributed by atoms with Crippen LogP contribution in [-0.2, 0) is 0 Å². The Balaban J connectivity index is 2.31. The molecule has 0 spiro atoms. The molecule has 2 rings (SSSR count). The van der Waals surface area contributed by atoms with Crippen molar-refractivity contribution in [3.8, 4) is 0 Å². The third kappa shape index (κ3) is 3.35. The molecule has 0 radical (unpaired) electrons. The maximum Gasteiger partial charge on any atom is 0.257 e. The van der Waals surface area contributed by atoms with Crippen LogP contribution in [0.25, 0.3) is 0 Å². The number of nitrogens with one attached hydrogen (secondary N) is 1. The minimum absolute atomic E-state index is 0.190. The fourth-order valence-corrected chi connectivity index (χ4v) is 2.59. The highest BCUT2D eigenvalue weighted by atomic mass is 79.9. The molecule has 0 saturated heterocycles. The van der Waals surface area contributed by atoms with Gasteiger partial charge in [-0.3, -0.25) is 4.79 Å². The Morgan fingerprint density at radius 3 is 2.60 bits per heavy atom. The first-order valence-corrected chi connectivity index (χ1v) is 7.60. The topological polar surface area (TPSA) is 29.1 Å². The molecule has 2 aromatic carbocycles. The van der Waals surface area contributed by atoms with Crippen LogP contribution in [0.15, 0.2) is 46.9 Å². The molecule has 0 fully saturated rings. The monoisotopic (exact) mass is 371 g/mol. The maximum absolute atomic E-state index is 12.3. The number of para-hydroxylation sites is 1. The van der Waals surface area contributed by atoms with E-state index in [9.17, 15) is 4.79 Å². The van der Waals surface area contributed by atoms with Gasteiger partial charge in [-0.25, -0.2) is 0 Å². The summed E-state index contributed by atoms with van der Waals surface area (Å²) in [5.74, 6) is -0.263. The summed E-state index contributed by atoms with van der Waals surface area (Å²) >= 11 is 15.5. The summed E-state index contributed by atoms with van der Waals surface area (Å²) in [7, 11) is 0. The fraction of sp³-hybridized carbons (Fsp3) is 0.133. The molecular formula is C15H12BrCl2NO. The van der Waals surface area contributed by atoms with Gasteiger partial charge in [-0.15, -0.1) is 11.6 Å². The maximum atomic E-state index is 12.3. The van der Waals surface area contributed by atoms with Crippen molar-refractivity contribution in [3.63, 3.8) is 0 Å². The van der Waals surface area contributed by atoms with Crippen molar-refractivity contribution >= 4 is 50.7 Å². The van der Waals surface area contributed by atoms with Crippen molar-refractivity contribution in [1.29, 1.82) is 0 Å². The second-order valence-corrected chi connectivity index (χ2v) is 6.15. The number of anilines is 1. The quantitative estimate of drug-likeness (QED) is 0.692. The number of halogens is 3. The third-order valence-corrected chi connectivity index (χ3v) is 4.37. The lowest BCUT2D eigenvalue weighted by atomic mass is 10.1. The predicted octanol–water partition coefficient (Wildman–Crippen LogP) is 5.65. The Labute approximate surface area is 136 Å². The van der Waals surface area contributed by atoms with Gasteiger partial charge in [0, 0.05) is 10.2 Å². The van der Waals surface area contributed by atoms with E-state index in [1.165, 1.54) is 0 Å². The molecule has 1 atom stereocenters. The van der Waals surface area contributed by atoms with Crippen LogP contribution in [0.2, 0.25) is 5.02 Å². The SMILES string of the molecule is CC(Cl)c1ccccc1NC(=O)c1cccc(Br)c1Cl. The summed E-state index contributed by atoms with van der Waals surface area (Å²) < 4.78 is 0.686. The van der Waals surface area contributed by atoms with E-state index in [0.717, 1.165) is 5.56 Å². The molecule has 1 unspecified atom stereocenters. The van der Waals surface area contributed by atoms with Crippen LogP contribution in [0.3, 0.4) is 0 Å². The molecule has 1 N–H and O–H groups in total. The van der Waals surface area contributed by atoms with Crippen LogP contribution in [0.1, 0.15) is 28.2 Å². The molecule has 0 aliphatic rings. The standard InChI is InChI=1S/C15H12BrCl2NO/c1-9(17)10-5-2-3-8-13(10)19-15(20)11-6-4-7-12(16)14(11)18/h2-9H,1H3,(H,19,20). The van der Waals surface area contributed by atoms with Crippen molar-refractivity contribution in [3.05, 3.63) is 63.1 Å². The zero-order valence-electron chi connectivity index (χ0n) is 10.7. The van der Waals surface area contributed by atoms with Crippen molar-refractivity contribution in [2.24, 2.45) is 0 Å². The van der Waals surface area contributed by atoms with Crippen molar-refractivity contribution in [2.45, 2.75) is 12.3 Å². The molecule has 0 saturated carbocycles. The normalized spacial score (nSPS) is 12.0. The fourth-order valence-electron chi connectivity index (χ4n) is 1.83. The second-order valence-electron chi connectivity index (χ2n) is 4.26. The molecule has 0 aromatic heterocycles. The van der Waals surface area contributed by atoms with E-state index in [2.05, 4.69) is 21.2 Å². The molecule has 5 heteroatoms. The smallest absolute Gasteiger partial charge is 0.257 e. The third-order valence-electron chi connectivity index (χ3n) is 2.83. The molecule has 1 amide bonds. The largest absolute Gasteiger partial charge is 0.322 e. The van der Waals surface area contributed by atoms with Gasteiger partial charge in [0.25, 0.3) is 5.91 Å². The summed E-state index contributed by atoms with van der Waals surface area (Å²) in [6.45, 7) is 1.86. The van der Waals surface area contributed by atoms with Crippen molar-refractivity contribution in [2.75, 3.05) is 5.32 Å². The van der Waals surface area contributed by atoms with Crippen LogP contribution in [-0.4, -0.2) is 5.91 Å². The number of benzene rings is 2. The molecule has 2 aromatic rings. The van der Waals surface area contributed by atoms with E-state index in [0.29, 0.717) is 20.7 Å². The van der Waals surface area contributed by atoms with Gasteiger partial charge in [-0.2, -0.15) is 0 Å². The second kappa shape index (κ2) is 6.61. The Morgan fingerprint density at radius 2 is 1.90 bits per heavy atom. The number of carbonyl (C=O) groups is 1. The lowest BCUT2D eigenvalue weighted by Gasteiger charge is -2.13. The number of carbonyl (C=O) groups excluding carboxylic acids is 1. The lowest BCUT2D eigenvalue weighted by Crippen LogP contribution is -2.14. The van der Waals surface area contributed by atoms with Gasteiger partial charge >= 0.3 is 0 Å². The van der Waals surface area contributed by atoms with E-state index in [1.807, 2.05) is 31.2 Å². The molecule has 0 bridgehead atoms. The number of amides is 1. The molecule has 2 nitrogen and oxygen atoms in total. The van der Waals surface area contributed by atoms with E-state index in [4.69, 9.17) is 23.2 Å². The first kappa shape index (κ1) is 15.4. The Bertz CT molecular complexity index is 644. The van der Waals surface area contributed by atoms with Crippen LogP contribution >= 0.6 is 39.1 Å². The first-order chi connectivity index (χ1) is 9.50. The van der Waals surface area contributed by atoms with Gasteiger partial charge in [0.05, 0.1) is 16.0 Å². The van der Waals surface area contributed by atoms with E-state index >= 15 is 0 Å². The van der Waals surface area contributed by atoms with Crippen molar-refractivity contribution < 1.29 is 4.79 Å². The molecule has 104 valence electrons. The van der Waals surface area contributed by atoms with E-state index in [1.54, 1.807) is 18.2 Å². The number of hydrogen-bond donors (Lipinski definition) is 1. The van der Waals surface area contributed by atoms with Gasteiger partial charge in [-0.1, -0.05) is 35.9 Å². The predicted molar refractivity (Wildman–Crippen MR) is 87.8 cm³/mol. The first-order valence-electron chi connectivity index (χ1n) is 5.99. The van der Waals surface area contributed by atoms with Gasteiger partial charge in [0.2, 0.25) is 0 Å². The van der Waals surface area contributed by atoms with E-state index in [-0.39, 0.29) is 11.3 Å². The lowest BCUT2D eigenvalue weighted by molar-refractivity contribution is 0.102. The Hall–Kier alpha value is -1.03. The van der Waals surface area contributed by atoms with Crippen molar-refractivity contribution in [1.82, 2.24) is 0 Å². The minimum atomic E-state index is -0.263. The van der Waals surface area contributed by atoms with Crippen LogP contribution in [0.5, 0.6) is 0 Å². The highest BCUT2D eigenvalue weighted by molar-refractivity contribution is 9.10. The summed E-state index contributed by atoms with van der Waals surface area (Å²) in [5.41, 5.74) is 1.97. The summed E-state index contributed by atoms with van der Waals surface area (Å²) in [6.07, 6.45) is 0. The number of hydrogen-bond acceptors (Lipinski definition) is 1. The van der Waals surface area contributed by atoms with E-state index < -0.39 is 0 Å². The molecule has 0 aliphatic carbocycles. The summed E-state index contributed by atoms with van der Waals surface area (Å²) in [4.78, 5) is 12.3. The van der Waals surface area contributed by atoms with Gasteiger partial charge in [0.1, 0.15) is 0 Å². The minimum Gasteiger partial charge on any atom is -0.322 e. The highest BCUT2D eigenvalue weighted by Gasteiger charge is 2.15. The highest BCUT2D eigenvalue weighted by Crippen LogP contribution is 2.29. The molecular weight excluding hydrogens is 361 g/mol. The molecule has 0 aliphatic heterocycles. The molecule has 0 heterocycles. The average molecular weight is 373 g/mol. The van der Waals surface area contributed by atoms with Gasteiger partial charge < -0.3 is 5.32 Å². The summed E-state index contributed by atoms with van der Waals surface area (Å²) in [5, 5.41) is 3.05. The zero-order valence-corrected chi connectivity index (χ0v) is 13.8. The number of rotatable bonds is 3. The van der Waals surface area contributed by atoms with Crippen LogP contribution in [0, 0.1) is 0 Å². The Kier molecular flexibility index (Phi) is 5.08. The molecule has 20 heavy (non-hydrogen) atoms.